The molecule has 0 bridgehead atoms. The zero-order valence-corrected chi connectivity index (χ0v) is 8.82. The first kappa shape index (κ1) is 12.2. The van der Waals surface area contributed by atoms with Crippen LogP contribution >= 0.6 is 12.4 Å². The Hall–Kier alpha value is 0.210. The van der Waals surface area contributed by atoms with Crippen LogP contribution in [0.3, 0.4) is 0 Å². The van der Waals surface area contributed by atoms with Crippen molar-refractivity contribution in [2.24, 2.45) is 5.92 Å². The van der Waals surface area contributed by atoms with Crippen LogP contribution in [0.4, 0.5) is 0 Å². The minimum absolute atomic E-state index is 0. The van der Waals surface area contributed by atoms with Crippen LogP contribution in [0.25, 0.3) is 0 Å². The summed E-state index contributed by atoms with van der Waals surface area (Å²) in [6, 6.07) is 0. The van der Waals surface area contributed by atoms with Gasteiger partial charge in [0, 0.05) is 6.54 Å². The van der Waals surface area contributed by atoms with Crippen LogP contribution in [0.2, 0.25) is 0 Å². The molecule has 1 saturated heterocycles. The van der Waals surface area contributed by atoms with E-state index in [1.807, 2.05) is 0 Å². The van der Waals surface area contributed by atoms with E-state index in [-0.39, 0.29) is 12.4 Å². The summed E-state index contributed by atoms with van der Waals surface area (Å²) in [6.45, 7) is 7.46. The molecule has 1 N–H and O–H groups in total. The van der Waals surface area contributed by atoms with E-state index in [0.29, 0.717) is 6.10 Å². The highest BCUT2D eigenvalue weighted by molar-refractivity contribution is 5.85. The molecule has 0 radical (unpaired) electrons. The number of hydrogen-bond acceptors (Lipinski definition) is 2. The minimum Gasteiger partial charge on any atom is -0.378 e. The topological polar surface area (TPSA) is 21.3 Å². The van der Waals surface area contributed by atoms with Gasteiger partial charge in [-0.1, -0.05) is 0 Å². The molecule has 0 aromatic heterocycles. The summed E-state index contributed by atoms with van der Waals surface area (Å²) in [4.78, 5) is 0. The Kier molecular flexibility index (Phi) is 6.81. The summed E-state index contributed by atoms with van der Waals surface area (Å²) in [6.07, 6.45) is 3.03. The standard InChI is InChI=1S/C9H19NO.ClH/c1-8(2)11-7-9-4-3-5-10-6-9;/h8-10H,3-7H2,1-2H3;1H. The number of piperidine rings is 1. The number of halogens is 1. The van der Waals surface area contributed by atoms with Gasteiger partial charge in [0.2, 0.25) is 0 Å². The number of ether oxygens (including phenoxy) is 1. The Morgan fingerprint density at radius 3 is 2.75 bits per heavy atom. The van der Waals surface area contributed by atoms with Crippen LogP contribution in [0, 0.1) is 5.92 Å². The lowest BCUT2D eigenvalue weighted by atomic mass is 10.0. The zero-order valence-electron chi connectivity index (χ0n) is 8.01. The smallest absolute Gasteiger partial charge is 0.0519 e. The quantitative estimate of drug-likeness (QED) is 0.739. The third-order valence-electron chi connectivity index (χ3n) is 2.06. The maximum atomic E-state index is 5.54. The van der Waals surface area contributed by atoms with Crippen molar-refractivity contribution in [1.29, 1.82) is 0 Å². The molecule has 0 saturated carbocycles. The van der Waals surface area contributed by atoms with Gasteiger partial charge in [0.15, 0.2) is 0 Å². The Morgan fingerprint density at radius 2 is 2.25 bits per heavy atom. The van der Waals surface area contributed by atoms with Crippen molar-refractivity contribution >= 4 is 12.4 Å². The van der Waals surface area contributed by atoms with Crippen LogP contribution in [0.1, 0.15) is 26.7 Å². The Labute approximate surface area is 81.5 Å². The molecule has 3 heteroatoms. The third-order valence-corrected chi connectivity index (χ3v) is 2.06. The lowest BCUT2D eigenvalue weighted by Gasteiger charge is -2.23. The van der Waals surface area contributed by atoms with Crippen LogP contribution in [-0.4, -0.2) is 25.8 Å². The highest BCUT2D eigenvalue weighted by Gasteiger charge is 2.12. The summed E-state index contributed by atoms with van der Waals surface area (Å²) < 4.78 is 5.54. The molecule has 1 aliphatic rings. The molecule has 0 aliphatic carbocycles. The van der Waals surface area contributed by atoms with Crippen molar-refractivity contribution in [3.63, 3.8) is 0 Å². The van der Waals surface area contributed by atoms with Crippen LogP contribution in [-0.2, 0) is 4.74 Å². The van der Waals surface area contributed by atoms with E-state index in [1.165, 1.54) is 19.4 Å². The van der Waals surface area contributed by atoms with Gasteiger partial charge in [0.05, 0.1) is 12.7 Å². The van der Waals surface area contributed by atoms with Gasteiger partial charge < -0.3 is 10.1 Å². The van der Waals surface area contributed by atoms with Gasteiger partial charge in [-0.05, 0) is 39.2 Å². The van der Waals surface area contributed by atoms with E-state index in [0.717, 1.165) is 19.1 Å². The van der Waals surface area contributed by atoms with Crippen LogP contribution in [0.5, 0.6) is 0 Å². The van der Waals surface area contributed by atoms with E-state index in [9.17, 15) is 0 Å². The van der Waals surface area contributed by atoms with E-state index >= 15 is 0 Å². The average molecular weight is 194 g/mol. The molecule has 1 unspecified atom stereocenters. The molecule has 1 rings (SSSR count). The molecular weight excluding hydrogens is 174 g/mol. The normalized spacial score (nSPS) is 23.8. The van der Waals surface area contributed by atoms with Gasteiger partial charge >= 0.3 is 0 Å². The maximum Gasteiger partial charge on any atom is 0.0519 e. The predicted octanol–water partition coefficient (Wildman–Crippen LogP) is 1.83. The Morgan fingerprint density at radius 1 is 1.50 bits per heavy atom. The second-order valence-corrected chi connectivity index (χ2v) is 3.59. The first-order valence-corrected chi connectivity index (χ1v) is 4.61. The van der Waals surface area contributed by atoms with E-state index in [1.54, 1.807) is 0 Å². The van der Waals surface area contributed by atoms with Crippen molar-refractivity contribution < 1.29 is 4.74 Å². The molecule has 0 spiro atoms. The predicted molar refractivity (Wildman–Crippen MR) is 53.9 cm³/mol. The molecule has 2 nitrogen and oxygen atoms in total. The fraction of sp³-hybridized carbons (Fsp3) is 1.00. The zero-order chi connectivity index (χ0) is 8.10. The Balaban J connectivity index is 0.00000121. The van der Waals surface area contributed by atoms with E-state index in [2.05, 4.69) is 19.2 Å². The second-order valence-electron chi connectivity index (χ2n) is 3.59. The lowest BCUT2D eigenvalue weighted by molar-refractivity contribution is 0.0449. The van der Waals surface area contributed by atoms with Gasteiger partial charge in [-0.2, -0.15) is 0 Å². The molecule has 0 aromatic carbocycles. The molecule has 1 atom stereocenters. The van der Waals surface area contributed by atoms with Crippen molar-refractivity contribution in [1.82, 2.24) is 5.32 Å². The fourth-order valence-corrected chi connectivity index (χ4v) is 1.39. The molecule has 74 valence electrons. The van der Waals surface area contributed by atoms with E-state index in [4.69, 9.17) is 4.74 Å². The summed E-state index contributed by atoms with van der Waals surface area (Å²) in [7, 11) is 0. The van der Waals surface area contributed by atoms with Gasteiger partial charge in [-0.25, -0.2) is 0 Å². The maximum absolute atomic E-state index is 5.54. The molecule has 0 aromatic rings. The monoisotopic (exact) mass is 193 g/mol. The first-order chi connectivity index (χ1) is 5.29. The van der Waals surface area contributed by atoms with Gasteiger partial charge in [-0.3, -0.25) is 0 Å². The SMILES string of the molecule is CC(C)OCC1CCCNC1.Cl. The Bertz CT molecular complexity index is 103. The molecular formula is C9H20ClNO. The lowest BCUT2D eigenvalue weighted by Crippen LogP contribution is -2.32. The van der Waals surface area contributed by atoms with Crippen molar-refractivity contribution in [2.45, 2.75) is 32.8 Å². The summed E-state index contributed by atoms with van der Waals surface area (Å²) in [5.41, 5.74) is 0. The van der Waals surface area contributed by atoms with Gasteiger partial charge in [0.1, 0.15) is 0 Å². The van der Waals surface area contributed by atoms with Crippen LogP contribution in [0.15, 0.2) is 0 Å². The molecule has 12 heavy (non-hydrogen) atoms. The average Bonchev–Trinajstić information content (AvgIpc) is 2.03. The molecule has 1 heterocycles. The molecule has 1 fully saturated rings. The third kappa shape index (κ3) is 4.96. The van der Waals surface area contributed by atoms with Crippen LogP contribution < -0.4 is 5.32 Å². The summed E-state index contributed by atoms with van der Waals surface area (Å²) in [5.74, 6) is 0.756. The minimum atomic E-state index is 0. The fourth-order valence-electron chi connectivity index (χ4n) is 1.39. The molecule has 1 aliphatic heterocycles. The van der Waals surface area contributed by atoms with Crippen molar-refractivity contribution in [3.8, 4) is 0 Å². The number of rotatable bonds is 3. The highest BCUT2D eigenvalue weighted by Crippen LogP contribution is 2.10. The number of nitrogens with one attached hydrogen (secondary N) is 1. The second kappa shape index (κ2) is 6.70. The molecule has 0 amide bonds. The van der Waals surface area contributed by atoms with Crippen molar-refractivity contribution in [3.05, 3.63) is 0 Å². The highest BCUT2D eigenvalue weighted by atomic mass is 35.5. The largest absolute Gasteiger partial charge is 0.378 e. The van der Waals surface area contributed by atoms with Gasteiger partial charge in [0.25, 0.3) is 0 Å². The van der Waals surface area contributed by atoms with E-state index < -0.39 is 0 Å². The van der Waals surface area contributed by atoms with Gasteiger partial charge in [-0.15, -0.1) is 12.4 Å². The number of hydrogen-bond donors (Lipinski definition) is 1. The summed E-state index contributed by atoms with van der Waals surface area (Å²) >= 11 is 0. The van der Waals surface area contributed by atoms with Crippen molar-refractivity contribution in [2.75, 3.05) is 19.7 Å². The first-order valence-electron chi connectivity index (χ1n) is 4.61. The summed E-state index contributed by atoms with van der Waals surface area (Å²) in [5, 5.41) is 3.38.